The first-order valence-corrected chi connectivity index (χ1v) is 7.85. The van der Waals surface area contributed by atoms with E-state index in [4.69, 9.17) is 0 Å². The number of aromatic nitrogens is 3. The summed E-state index contributed by atoms with van der Waals surface area (Å²) in [7, 11) is 0. The van der Waals surface area contributed by atoms with Crippen molar-refractivity contribution >= 4 is 0 Å². The smallest absolute Gasteiger partial charge is 0.138 e. The summed E-state index contributed by atoms with van der Waals surface area (Å²) < 4.78 is 1.86. The van der Waals surface area contributed by atoms with Crippen molar-refractivity contribution in [3.8, 4) is 0 Å². The van der Waals surface area contributed by atoms with Crippen molar-refractivity contribution in [1.29, 1.82) is 0 Å². The van der Waals surface area contributed by atoms with Gasteiger partial charge in [-0.1, -0.05) is 12.8 Å². The molecule has 0 aliphatic carbocycles. The lowest BCUT2D eigenvalue weighted by atomic mass is 9.92. The van der Waals surface area contributed by atoms with Gasteiger partial charge in [0.05, 0.1) is 6.10 Å². The molecule has 1 N–H and O–H groups in total. The van der Waals surface area contributed by atoms with E-state index in [1.807, 2.05) is 11.6 Å². The highest BCUT2D eigenvalue weighted by Crippen LogP contribution is 2.25. The molecular formula is C15H28N4O. The van der Waals surface area contributed by atoms with Gasteiger partial charge in [-0.2, -0.15) is 5.10 Å². The van der Waals surface area contributed by atoms with Crippen LogP contribution in [0.25, 0.3) is 0 Å². The molecule has 114 valence electrons. The Bertz CT molecular complexity index is 408. The summed E-state index contributed by atoms with van der Waals surface area (Å²) in [5, 5.41) is 14.9. The first-order valence-electron chi connectivity index (χ1n) is 7.85. The number of rotatable bonds is 5. The molecule has 5 heteroatoms. The Balaban J connectivity index is 2.03. The van der Waals surface area contributed by atoms with Crippen LogP contribution in [-0.2, 0) is 13.0 Å². The number of likely N-dealkylation sites (tertiary alicyclic amines) is 1. The van der Waals surface area contributed by atoms with E-state index in [9.17, 15) is 5.11 Å². The number of nitrogens with zero attached hydrogens (tertiary/aromatic N) is 4. The van der Waals surface area contributed by atoms with Crippen LogP contribution in [0.15, 0.2) is 6.33 Å². The highest BCUT2D eigenvalue weighted by molar-refractivity contribution is 4.97. The summed E-state index contributed by atoms with van der Waals surface area (Å²) in [6.45, 7) is 9.32. The lowest BCUT2D eigenvalue weighted by Crippen LogP contribution is -2.53. The van der Waals surface area contributed by atoms with Crippen molar-refractivity contribution < 1.29 is 5.11 Å². The molecule has 0 radical (unpaired) electrons. The van der Waals surface area contributed by atoms with Crippen molar-refractivity contribution in [2.75, 3.05) is 13.1 Å². The van der Waals surface area contributed by atoms with E-state index < -0.39 is 6.10 Å². The average molecular weight is 280 g/mol. The van der Waals surface area contributed by atoms with Gasteiger partial charge in [0.2, 0.25) is 0 Å². The maximum Gasteiger partial charge on any atom is 0.138 e. The average Bonchev–Trinajstić information content (AvgIpc) is 2.70. The van der Waals surface area contributed by atoms with Gasteiger partial charge in [0, 0.05) is 18.5 Å². The predicted octanol–water partition coefficient (Wildman–Crippen LogP) is 1.86. The summed E-state index contributed by atoms with van der Waals surface area (Å²) in [6, 6.07) is 0. The van der Waals surface area contributed by atoms with Gasteiger partial charge < -0.3 is 5.11 Å². The molecule has 2 heterocycles. The maximum absolute atomic E-state index is 10.7. The molecule has 0 bridgehead atoms. The van der Waals surface area contributed by atoms with Crippen LogP contribution in [0.3, 0.4) is 0 Å². The fourth-order valence-electron chi connectivity index (χ4n) is 2.99. The first-order chi connectivity index (χ1) is 9.55. The topological polar surface area (TPSA) is 54.2 Å². The Morgan fingerprint density at radius 2 is 1.90 bits per heavy atom. The summed E-state index contributed by atoms with van der Waals surface area (Å²) in [5.74, 6) is 0.878. The van der Waals surface area contributed by atoms with Crippen LogP contribution >= 0.6 is 0 Å². The molecule has 1 atom stereocenters. The van der Waals surface area contributed by atoms with Gasteiger partial charge in [-0.25, -0.2) is 4.98 Å². The first kappa shape index (κ1) is 15.4. The minimum absolute atomic E-state index is 0.213. The molecular weight excluding hydrogens is 252 g/mol. The molecule has 5 nitrogen and oxygen atoms in total. The highest BCUT2D eigenvalue weighted by atomic mass is 16.3. The predicted molar refractivity (Wildman–Crippen MR) is 79.5 cm³/mol. The molecule has 1 unspecified atom stereocenters. The largest absolute Gasteiger partial charge is 0.391 e. The van der Waals surface area contributed by atoms with Crippen molar-refractivity contribution in [2.45, 2.75) is 71.1 Å². The third kappa shape index (κ3) is 3.38. The third-order valence-electron chi connectivity index (χ3n) is 4.61. The molecule has 0 amide bonds. The Hall–Kier alpha value is -0.940. The second kappa shape index (κ2) is 6.68. The van der Waals surface area contributed by atoms with E-state index >= 15 is 0 Å². The van der Waals surface area contributed by atoms with Gasteiger partial charge in [0.15, 0.2) is 0 Å². The molecule has 0 aromatic carbocycles. The number of hydrogen-bond donors (Lipinski definition) is 1. The zero-order valence-corrected chi connectivity index (χ0v) is 13.0. The van der Waals surface area contributed by atoms with Gasteiger partial charge in [0.1, 0.15) is 12.2 Å². The Kier molecular flexibility index (Phi) is 5.16. The molecule has 0 spiro atoms. The molecule has 0 saturated carbocycles. The van der Waals surface area contributed by atoms with Gasteiger partial charge in [-0.15, -0.1) is 0 Å². The third-order valence-corrected chi connectivity index (χ3v) is 4.61. The minimum atomic E-state index is -0.421. The molecule has 2 rings (SSSR count). The van der Waals surface area contributed by atoms with E-state index in [2.05, 4.69) is 28.8 Å². The Morgan fingerprint density at radius 1 is 1.25 bits per heavy atom. The monoisotopic (exact) mass is 280 g/mol. The molecule has 1 saturated heterocycles. The SMILES string of the molecule is CCn1ncnc1CC(O)C(C)(C)N1CCCCCC1. The quantitative estimate of drug-likeness (QED) is 0.894. The Morgan fingerprint density at radius 3 is 2.50 bits per heavy atom. The molecule has 1 aliphatic heterocycles. The molecule has 1 aromatic heterocycles. The van der Waals surface area contributed by atoms with Crippen molar-refractivity contribution in [3.05, 3.63) is 12.2 Å². The van der Waals surface area contributed by atoms with Crippen LogP contribution in [0.5, 0.6) is 0 Å². The highest BCUT2D eigenvalue weighted by Gasteiger charge is 2.35. The van der Waals surface area contributed by atoms with Crippen molar-refractivity contribution in [2.24, 2.45) is 0 Å². The van der Waals surface area contributed by atoms with E-state index in [0.29, 0.717) is 6.42 Å². The van der Waals surface area contributed by atoms with Gasteiger partial charge in [0.25, 0.3) is 0 Å². The standard InChI is InChI=1S/C15H28N4O/c1-4-19-14(16-12-17-19)11-13(20)15(2,3)18-9-7-5-6-8-10-18/h12-13,20H,4-11H2,1-3H3. The fourth-order valence-corrected chi connectivity index (χ4v) is 2.99. The van der Waals surface area contributed by atoms with Gasteiger partial charge in [-0.05, 0) is 46.7 Å². The van der Waals surface area contributed by atoms with E-state index in [1.165, 1.54) is 25.7 Å². The summed E-state index contributed by atoms with van der Waals surface area (Å²) in [4.78, 5) is 6.72. The summed E-state index contributed by atoms with van der Waals surface area (Å²) in [5.41, 5.74) is -0.213. The number of aliphatic hydroxyl groups excluding tert-OH is 1. The lowest BCUT2D eigenvalue weighted by Gasteiger charge is -2.41. The zero-order valence-electron chi connectivity index (χ0n) is 13.0. The summed E-state index contributed by atoms with van der Waals surface area (Å²) in [6.07, 6.45) is 6.82. The second-order valence-electron chi connectivity index (χ2n) is 6.27. The van der Waals surface area contributed by atoms with Crippen LogP contribution in [-0.4, -0.2) is 49.5 Å². The van der Waals surface area contributed by atoms with Crippen LogP contribution in [0.4, 0.5) is 0 Å². The zero-order chi connectivity index (χ0) is 14.6. The normalized spacial score (nSPS) is 19.8. The van der Waals surface area contributed by atoms with Crippen LogP contribution < -0.4 is 0 Å². The van der Waals surface area contributed by atoms with Gasteiger partial charge in [-0.3, -0.25) is 9.58 Å². The van der Waals surface area contributed by atoms with Crippen LogP contribution in [0, 0.1) is 0 Å². The van der Waals surface area contributed by atoms with Gasteiger partial charge >= 0.3 is 0 Å². The molecule has 1 aromatic rings. The number of hydrogen-bond acceptors (Lipinski definition) is 4. The van der Waals surface area contributed by atoms with E-state index in [0.717, 1.165) is 25.5 Å². The van der Waals surface area contributed by atoms with E-state index in [1.54, 1.807) is 6.33 Å². The maximum atomic E-state index is 10.7. The summed E-state index contributed by atoms with van der Waals surface area (Å²) >= 11 is 0. The van der Waals surface area contributed by atoms with Crippen molar-refractivity contribution in [3.63, 3.8) is 0 Å². The minimum Gasteiger partial charge on any atom is -0.391 e. The second-order valence-corrected chi connectivity index (χ2v) is 6.27. The van der Waals surface area contributed by atoms with Crippen molar-refractivity contribution in [1.82, 2.24) is 19.7 Å². The number of aryl methyl sites for hydroxylation is 1. The molecule has 1 aliphatic rings. The number of aliphatic hydroxyl groups is 1. The lowest BCUT2D eigenvalue weighted by molar-refractivity contribution is -0.00933. The van der Waals surface area contributed by atoms with E-state index in [-0.39, 0.29) is 5.54 Å². The molecule has 1 fully saturated rings. The Labute approximate surface area is 122 Å². The van der Waals surface area contributed by atoms with Crippen LogP contribution in [0.2, 0.25) is 0 Å². The van der Waals surface area contributed by atoms with Crippen LogP contribution in [0.1, 0.15) is 52.3 Å². The molecule has 20 heavy (non-hydrogen) atoms. The fraction of sp³-hybridized carbons (Fsp3) is 0.867.